The van der Waals surface area contributed by atoms with Crippen molar-refractivity contribution >= 4 is 35.3 Å². The van der Waals surface area contributed by atoms with Crippen LogP contribution in [0, 0.1) is 5.92 Å². The van der Waals surface area contributed by atoms with Crippen molar-refractivity contribution in [2.24, 2.45) is 5.92 Å². The Morgan fingerprint density at radius 2 is 1.55 bits per heavy atom. The molecule has 1 aromatic rings. The van der Waals surface area contributed by atoms with Crippen LogP contribution < -0.4 is 16.0 Å². The lowest BCUT2D eigenvalue weighted by atomic mass is 10.0. The number of rotatable bonds is 17. The van der Waals surface area contributed by atoms with E-state index in [0.717, 1.165) is 17.9 Å². The average Bonchev–Trinajstić information content (AvgIpc) is 3.16. The number of hydrogen-bond donors (Lipinski definition) is 3. The molecule has 2 aliphatic heterocycles. The molecule has 1 fully saturated rings. The first-order chi connectivity index (χ1) is 19.3. The Balaban J connectivity index is 1.29. The zero-order valence-electron chi connectivity index (χ0n) is 23.0. The van der Waals surface area contributed by atoms with Crippen LogP contribution in [0.4, 0.5) is 10.5 Å². The van der Waals surface area contributed by atoms with Crippen LogP contribution >= 0.6 is 0 Å². The summed E-state index contributed by atoms with van der Waals surface area (Å²) >= 11 is 0. The van der Waals surface area contributed by atoms with E-state index in [1.807, 2.05) is 0 Å². The predicted molar refractivity (Wildman–Crippen MR) is 143 cm³/mol. The first-order valence-corrected chi connectivity index (χ1v) is 13.5. The molecule has 1 aromatic carbocycles. The third kappa shape index (κ3) is 9.08. The van der Waals surface area contributed by atoms with Gasteiger partial charge in [0.1, 0.15) is 6.04 Å². The Morgan fingerprint density at radius 1 is 0.925 bits per heavy atom. The largest absolute Gasteiger partial charge is 0.379 e. The van der Waals surface area contributed by atoms with Gasteiger partial charge in [-0.3, -0.25) is 29.4 Å². The van der Waals surface area contributed by atoms with Crippen molar-refractivity contribution in [3.8, 4) is 0 Å². The van der Waals surface area contributed by atoms with Crippen LogP contribution in [0.2, 0.25) is 0 Å². The third-order valence-corrected chi connectivity index (χ3v) is 6.20. The molecule has 0 aliphatic carbocycles. The minimum atomic E-state index is -1.08. The maximum atomic E-state index is 13.1. The van der Waals surface area contributed by atoms with Crippen LogP contribution in [0.25, 0.3) is 0 Å². The van der Waals surface area contributed by atoms with Crippen molar-refractivity contribution in [2.75, 3.05) is 64.7 Å². The number of hydrogen-bond acceptors (Lipinski definition) is 9. The quantitative estimate of drug-likeness (QED) is 0.188. The average molecular weight is 563 g/mol. The molecular formula is C27H38N4O9. The van der Waals surface area contributed by atoms with Gasteiger partial charge in [-0.1, -0.05) is 19.9 Å². The number of amides is 6. The molecule has 1 atom stereocenters. The lowest BCUT2D eigenvalue weighted by Crippen LogP contribution is -2.54. The SMILES string of the molecule is CC(C)CCOCCOCCOCCOCCNC(=O)Nc1cccc2c1C(=O)N(C1CCC(=O)NC1=O)C2=O. The Morgan fingerprint density at radius 3 is 2.17 bits per heavy atom. The molecular weight excluding hydrogens is 524 g/mol. The molecule has 6 amide bonds. The second kappa shape index (κ2) is 16.0. The number of ether oxygens (including phenoxy) is 4. The molecule has 3 N–H and O–H groups in total. The van der Waals surface area contributed by atoms with Crippen LogP contribution in [0.3, 0.4) is 0 Å². The molecule has 1 saturated heterocycles. The second-order valence-corrected chi connectivity index (χ2v) is 9.69. The van der Waals surface area contributed by atoms with E-state index in [-0.39, 0.29) is 42.8 Å². The number of carbonyl (C=O) groups is 5. The van der Waals surface area contributed by atoms with Crippen LogP contribution in [-0.2, 0) is 28.5 Å². The van der Waals surface area contributed by atoms with Crippen LogP contribution in [0.5, 0.6) is 0 Å². The fourth-order valence-corrected chi connectivity index (χ4v) is 4.10. The monoisotopic (exact) mass is 562 g/mol. The van der Waals surface area contributed by atoms with Gasteiger partial charge in [0.2, 0.25) is 11.8 Å². The molecule has 2 aliphatic rings. The van der Waals surface area contributed by atoms with Gasteiger partial charge in [-0.05, 0) is 30.9 Å². The number of nitrogens with zero attached hydrogens (tertiary/aromatic N) is 1. The molecule has 3 rings (SSSR count). The zero-order chi connectivity index (χ0) is 28.9. The van der Waals surface area contributed by atoms with Crippen molar-refractivity contribution in [2.45, 2.75) is 39.2 Å². The van der Waals surface area contributed by atoms with Crippen molar-refractivity contribution in [3.63, 3.8) is 0 Å². The third-order valence-electron chi connectivity index (χ3n) is 6.20. The minimum absolute atomic E-state index is 0.00313. The molecule has 0 radical (unpaired) electrons. The van der Waals surface area contributed by atoms with Crippen molar-refractivity contribution in [1.82, 2.24) is 15.5 Å². The van der Waals surface area contributed by atoms with E-state index in [1.165, 1.54) is 18.2 Å². The molecule has 0 bridgehead atoms. The highest BCUT2D eigenvalue weighted by Gasteiger charge is 2.45. The number of fused-ring (bicyclic) bond motifs is 1. The first kappa shape index (κ1) is 31.1. The molecule has 0 aromatic heterocycles. The normalized spacial score (nSPS) is 16.9. The van der Waals surface area contributed by atoms with E-state index in [9.17, 15) is 24.0 Å². The predicted octanol–water partition coefficient (Wildman–Crippen LogP) is 1.32. The Kier molecular flexibility index (Phi) is 12.5. The Bertz CT molecular complexity index is 1060. The Hall–Kier alpha value is -3.39. The molecule has 220 valence electrons. The number of urea groups is 1. The summed E-state index contributed by atoms with van der Waals surface area (Å²) in [5.41, 5.74) is 0.224. The summed E-state index contributed by atoms with van der Waals surface area (Å²) in [7, 11) is 0. The van der Waals surface area contributed by atoms with Gasteiger partial charge in [0.15, 0.2) is 0 Å². The first-order valence-electron chi connectivity index (χ1n) is 13.5. The van der Waals surface area contributed by atoms with Crippen molar-refractivity contribution in [1.29, 1.82) is 0 Å². The highest BCUT2D eigenvalue weighted by molar-refractivity contribution is 6.26. The summed E-state index contributed by atoms with van der Waals surface area (Å²) in [6.45, 7) is 8.24. The standard InChI is InChI=1S/C27H38N4O9/c1-18(2)8-10-37-12-14-39-16-17-40-15-13-38-11-9-28-27(36)29-20-5-3-4-19-23(20)26(35)31(25(19)34)21-6-7-22(32)30-24(21)33/h3-5,18,21H,6-17H2,1-2H3,(H2,28,29,36)(H,30,32,33). The fourth-order valence-electron chi connectivity index (χ4n) is 4.10. The topological polar surface area (TPSA) is 162 Å². The molecule has 13 nitrogen and oxygen atoms in total. The van der Waals surface area contributed by atoms with Crippen molar-refractivity contribution < 1.29 is 42.9 Å². The smallest absolute Gasteiger partial charge is 0.319 e. The minimum Gasteiger partial charge on any atom is -0.379 e. The van der Waals surface area contributed by atoms with E-state index in [0.29, 0.717) is 45.6 Å². The Labute approximate surface area is 233 Å². The second-order valence-electron chi connectivity index (χ2n) is 9.69. The number of carbonyl (C=O) groups excluding carboxylic acids is 5. The summed E-state index contributed by atoms with van der Waals surface area (Å²) in [6, 6.07) is 2.81. The van der Waals surface area contributed by atoms with E-state index in [4.69, 9.17) is 18.9 Å². The van der Waals surface area contributed by atoms with Gasteiger partial charge >= 0.3 is 6.03 Å². The summed E-state index contributed by atoms with van der Waals surface area (Å²) < 4.78 is 21.8. The highest BCUT2D eigenvalue weighted by Crippen LogP contribution is 2.32. The molecule has 2 heterocycles. The van der Waals surface area contributed by atoms with E-state index in [2.05, 4.69) is 29.8 Å². The molecule has 13 heteroatoms. The molecule has 0 spiro atoms. The number of piperidine rings is 1. The fraction of sp³-hybridized carbons (Fsp3) is 0.593. The van der Waals surface area contributed by atoms with E-state index < -0.39 is 35.7 Å². The maximum absolute atomic E-state index is 13.1. The summed E-state index contributed by atoms with van der Waals surface area (Å²) in [4.78, 5) is 62.9. The lowest BCUT2D eigenvalue weighted by Gasteiger charge is -2.27. The van der Waals surface area contributed by atoms with Gasteiger partial charge in [-0.25, -0.2) is 4.79 Å². The molecule has 0 saturated carbocycles. The maximum Gasteiger partial charge on any atom is 0.319 e. The van der Waals surface area contributed by atoms with Gasteiger partial charge < -0.3 is 29.6 Å². The van der Waals surface area contributed by atoms with Gasteiger partial charge in [-0.2, -0.15) is 0 Å². The number of benzene rings is 1. The van der Waals surface area contributed by atoms with E-state index in [1.54, 1.807) is 0 Å². The van der Waals surface area contributed by atoms with Crippen LogP contribution in [0.1, 0.15) is 53.8 Å². The summed E-state index contributed by atoms with van der Waals surface area (Å²) in [6.07, 6.45) is 1.11. The zero-order valence-corrected chi connectivity index (χ0v) is 23.0. The van der Waals surface area contributed by atoms with Crippen LogP contribution in [-0.4, -0.2) is 100 Å². The highest BCUT2D eigenvalue weighted by atomic mass is 16.6. The van der Waals surface area contributed by atoms with Gasteiger partial charge in [-0.15, -0.1) is 0 Å². The lowest BCUT2D eigenvalue weighted by molar-refractivity contribution is -0.136. The summed E-state index contributed by atoms with van der Waals surface area (Å²) in [5, 5.41) is 7.35. The summed E-state index contributed by atoms with van der Waals surface area (Å²) in [5.74, 6) is -1.87. The van der Waals surface area contributed by atoms with E-state index >= 15 is 0 Å². The number of anilines is 1. The number of imide groups is 2. The number of nitrogens with one attached hydrogen (secondary N) is 3. The molecule has 1 unspecified atom stereocenters. The van der Waals surface area contributed by atoms with Gasteiger partial charge in [0.05, 0.1) is 63.1 Å². The van der Waals surface area contributed by atoms with Crippen LogP contribution in [0.15, 0.2) is 18.2 Å². The van der Waals surface area contributed by atoms with Gasteiger partial charge in [0.25, 0.3) is 11.8 Å². The van der Waals surface area contributed by atoms with Crippen molar-refractivity contribution in [3.05, 3.63) is 29.3 Å². The molecule has 40 heavy (non-hydrogen) atoms. The van der Waals surface area contributed by atoms with Gasteiger partial charge in [0, 0.05) is 19.6 Å².